The van der Waals surface area contributed by atoms with Gasteiger partial charge in [0.1, 0.15) is 12.4 Å². The zero-order valence-electron chi connectivity index (χ0n) is 15.5. The van der Waals surface area contributed by atoms with Gasteiger partial charge in [0.05, 0.1) is 12.2 Å². The van der Waals surface area contributed by atoms with E-state index in [1.807, 2.05) is 54.6 Å². The molecule has 2 heterocycles. The maximum atomic E-state index is 12.7. The van der Waals surface area contributed by atoms with Crippen LogP contribution in [-0.4, -0.2) is 34.0 Å². The van der Waals surface area contributed by atoms with E-state index in [-0.39, 0.29) is 5.91 Å². The molecule has 2 N–H and O–H groups in total. The number of nitrogens with zero attached hydrogens (tertiary/aromatic N) is 3. The molecule has 1 amide bonds. The molecule has 1 saturated heterocycles. The van der Waals surface area contributed by atoms with Crippen molar-refractivity contribution in [1.82, 2.24) is 20.3 Å². The second kappa shape index (κ2) is 8.67. The number of carbonyl (C=O) groups excluding carboxylic acids is 1. The number of carbonyl (C=O) groups is 1. The standard InChI is InChI=1S/C21H23N5O2/c27-21(20-14-26(25-24-20)17-10-12-22-13-11-17)23-19-9-5-4-6-16(19)15-28-18-7-2-1-3-8-18/h1-9,14,17,22H,10-13,15H2,(H,23,27). The van der Waals surface area contributed by atoms with Gasteiger partial charge in [-0.1, -0.05) is 41.6 Å². The van der Waals surface area contributed by atoms with Crippen LogP contribution in [0.2, 0.25) is 0 Å². The van der Waals surface area contributed by atoms with E-state index >= 15 is 0 Å². The Morgan fingerprint density at radius 2 is 1.86 bits per heavy atom. The van der Waals surface area contributed by atoms with Crippen molar-refractivity contribution >= 4 is 11.6 Å². The Hall–Kier alpha value is -3.19. The van der Waals surface area contributed by atoms with Crippen LogP contribution < -0.4 is 15.4 Å². The Bertz CT molecular complexity index is 919. The molecule has 0 atom stereocenters. The zero-order chi connectivity index (χ0) is 19.2. The summed E-state index contributed by atoms with van der Waals surface area (Å²) in [6.45, 7) is 2.28. The normalized spacial score (nSPS) is 14.6. The fraction of sp³-hybridized carbons (Fsp3) is 0.286. The summed E-state index contributed by atoms with van der Waals surface area (Å²) >= 11 is 0. The maximum absolute atomic E-state index is 12.7. The van der Waals surface area contributed by atoms with Crippen molar-refractivity contribution in [2.24, 2.45) is 0 Å². The van der Waals surface area contributed by atoms with Crippen LogP contribution in [0.4, 0.5) is 5.69 Å². The Morgan fingerprint density at radius 1 is 1.11 bits per heavy atom. The Morgan fingerprint density at radius 3 is 2.68 bits per heavy atom. The highest BCUT2D eigenvalue weighted by atomic mass is 16.5. The van der Waals surface area contributed by atoms with Crippen molar-refractivity contribution in [2.75, 3.05) is 18.4 Å². The van der Waals surface area contributed by atoms with Crippen molar-refractivity contribution in [3.63, 3.8) is 0 Å². The average molecular weight is 377 g/mol. The molecule has 1 fully saturated rings. The van der Waals surface area contributed by atoms with E-state index < -0.39 is 0 Å². The lowest BCUT2D eigenvalue weighted by Crippen LogP contribution is -2.29. The number of benzene rings is 2. The summed E-state index contributed by atoms with van der Waals surface area (Å²) in [6.07, 6.45) is 3.71. The van der Waals surface area contributed by atoms with Crippen molar-refractivity contribution in [1.29, 1.82) is 0 Å². The van der Waals surface area contributed by atoms with Gasteiger partial charge < -0.3 is 15.4 Å². The van der Waals surface area contributed by atoms with Gasteiger partial charge in [0, 0.05) is 11.3 Å². The summed E-state index contributed by atoms with van der Waals surface area (Å²) < 4.78 is 7.62. The van der Waals surface area contributed by atoms with Gasteiger partial charge in [0.15, 0.2) is 5.69 Å². The lowest BCUT2D eigenvalue weighted by Gasteiger charge is -2.22. The summed E-state index contributed by atoms with van der Waals surface area (Å²) in [7, 11) is 0. The fourth-order valence-electron chi connectivity index (χ4n) is 3.26. The molecule has 144 valence electrons. The Kier molecular flexibility index (Phi) is 5.63. The number of hydrogen-bond donors (Lipinski definition) is 2. The van der Waals surface area contributed by atoms with E-state index in [0.717, 1.165) is 37.2 Å². The molecule has 3 aromatic rings. The number of anilines is 1. The van der Waals surface area contributed by atoms with E-state index in [9.17, 15) is 4.79 Å². The van der Waals surface area contributed by atoms with Crippen molar-refractivity contribution in [3.05, 3.63) is 72.1 Å². The van der Waals surface area contributed by atoms with E-state index in [1.54, 1.807) is 10.9 Å². The third kappa shape index (κ3) is 4.37. The van der Waals surface area contributed by atoms with Crippen LogP contribution >= 0.6 is 0 Å². The van der Waals surface area contributed by atoms with Crippen LogP contribution in [0.25, 0.3) is 0 Å². The van der Waals surface area contributed by atoms with E-state index in [0.29, 0.717) is 24.0 Å². The molecule has 0 saturated carbocycles. The van der Waals surface area contributed by atoms with Crippen LogP contribution in [0.15, 0.2) is 60.8 Å². The van der Waals surface area contributed by atoms with Crippen molar-refractivity contribution in [3.8, 4) is 5.75 Å². The monoisotopic (exact) mass is 377 g/mol. The van der Waals surface area contributed by atoms with Gasteiger partial charge in [-0.2, -0.15) is 0 Å². The molecule has 28 heavy (non-hydrogen) atoms. The Balaban J connectivity index is 1.42. The lowest BCUT2D eigenvalue weighted by atomic mass is 10.1. The molecular formula is C21H23N5O2. The molecule has 0 radical (unpaired) electrons. The maximum Gasteiger partial charge on any atom is 0.277 e. The van der Waals surface area contributed by atoms with Gasteiger partial charge in [-0.3, -0.25) is 4.79 Å². The first kappa shape index (κ1) is 18.2. The van der Waals surface area contributed by atoms with Crippen LogP contribution in [-0.2, 0) is 6.61 Å². The van der Waals surface area contributed by atoms with Gasteiger partial charge in [0.25, 0.3) is 5.91 Å². The highest BCUT2D eigenvalue weighted by Gasteiger charge is 2.19. The summed E-state index contributed by atoms with van der Waals surface area (Å²) in [6, 6.07) is 17.5. The first-order valence-corrected chi connectivity index (χ1v) is 9.49. The van der Waals surface area contributed by atoms with Gasteiger partial charge in [-0.15, -0.1) is 5.10 Å². The number of nitrogens with one attached hydrogen (secondary N) is 2. The number of para-hydroxylation sites is 2. The fourth-order valence-corrected chi connectivity index (χ4v) is 3.26. The molecule has 4 rings (SSSR count). The second-order valence-corrected chi connectivity index (χ2v) is 6.78. The first-order chi connectivity index (χ1) is 13.8. The molecule has 7 nitrogen and oxygen atoms in total. The van der Waals surface area contributed by atoms with Crippen LogP contribution in [0.1, 0.15) is 34.9 Å². The predicted octanol–water partition coefficient (Wildman–Crippen LogP) is 3.03. The molecule has 0 unspecified atom stereocenters. The van der Waals surface area contributed by atoms with Crippen molar-refractivity contribution in [2.45, 2.75) is 25.5 Å². The quantitative estimate of drug-likeness (QED) is 0.690. The summed E-state index contributed by atoms with van der Waals surface area (Å²) in [5.41, 5.74) is 1.92. The first-order valence-electron chi connectivity index (χ1n) is 9.49. The highest BCUT2D eigenvalue weighted by molar-refractivity contribution is 6.03. The van der Waals surface area contributed by atoms with Gasteiger partial charge >= 0.3 is 0 Å². The zero-order valence-corrected chi connectivity index (χ0v) is 15.5. The summed E-state index contributed by atoms with van der Waals surface area (Å²) in [4.78, 5) is 12.7. The average Bonchev–Trinajstić information content (AvgIpc) is 3.25. The summed E-state index contributed by atoms with van der Waals surface area (Å²) in [5.74, 6) is 0.515. The third-order valence-corrected chi connectivity index (χ3v) is 4.83. The minimum atomic E-state index is -0.271. The van der Waals surface area contributed by atoms with Gasteiger partial charge in [-0.05, 0) is 44.1 Å². The predicted molar refractivity (Wildman–Crippen MR) is 106 cm³/mol. The molecule has 1 aliphatic heterocycles. The van der Waals surface area contributed by atoms with Crippen LogP contribution in [0.3, 0.4) is 0 Å². The smallest absolute Gasteiger partial charge is 0.277 e. The van der Waals surface area contributed by atoms with Gasteiger partial charge in [-0.25, -0.2) is 4.68 Å². The topological polar surface area (TPSA) is 81.1 Å². The minimum Gasteiger partial charge on any atom is -0.489 e. The highest BCUT2D eigenvalue weighted by Crippen LogP contribution is 2.20. The SMILES string of the molecule is O=C(Nc1ccccc1COc1ccccc1)c1cn(C2CCNCC2)nn1. The number of amides is 1. The number of rotatable bonds is 6. The Labute approximate surface area is 163 Å². The number of piperidine rings is 1. The van der Waals surface area contributed by atoms with Gasteiger partial charge in [0.2, 0.25) is 0 Å². The number of hydrogen-bond acceptors (Lipinski definition) is 5. The largest absolute Gasteiger partial charge is 0.489 e. The molecule has 0 spiro atoms. The molecule has 0 aliphatic carbocycles. The van der Waals surface area contributed by atoms with E-state index in [2.05, 4.69) is 20.9 Å². The van der Waals surface area contributed by atoms with Crippen LogP contribution in [0, 0.1) is 0 Å². The minimum absolute atomic E-state index is 0.271. The number of ether oxygens (including phenoxy) is 1. The molecular weight excluding hydrogens is 354 g/mol. The van der Waals surface area contributed by atoms with Crippen molar-refractivity contribution < 1.29 is 9.53 Å². The molecule has 7 heteroatoms. The molecule has 2 aromatic carbocycles. The lowest BCUT2D eigenvalue weighted by molar-refractivity contribution is 0.102. The molecule has 1 aliphatic rings. The second-order valence-electron chi connectivity index (χ2n) is 6.78. The third-order valence-electron chi connectivity index (χ3n) is 4.83. The summed E-state index contributed by atoms with van der Waals surface area (Å²) in [5, 5.41) is 14.5. The van der Waals surface area contributed by atoms with E-state index in [1.165, 1.54) is 0 Å². The molecule has 1 aromatic heterocycles. The number of aromatic nitrogens is 3. The van der Waals surface area contributed by atoms with Crippen LogP contribution in [0.5, 0.6) is 5.75 Å². The molecule has 0 bridgehead atoms. The van der Waals surface area contributed by atoms with E-state index in [4.69, 9.17) is 4.74 Å².